The van der Waals surface area contributed by atoms with Crippen LogP contribution >= 0.6 is 11.3 Å². The second-order valence-electron chi connectivity index (χ2n) is 17.3. The summed E-state index contributed by atoms with van der Waals surface area (Å²) in [6.07, 6.45) is 0. The third-order valence-electron chi connectivity index (χ3n) is 13.4. The lowest BCUT2D eigenvalue weighted by Gasteiger charge is -2.26. The average molecular weight is 871 g/mol. The van der Waals surface area contributed by atoms with Crippen LogP contribution in [0, 0.1) is 0 Å². The molecule has 0 saturated heterocycles. The number of hydrogen-bond acceptors (Lipinski definition) is 2. The van der Waals surface area contributed by atoms with Gasteiger partial charge in [0.2, 0.25) is 0 Å². The van der Waals surface area contributed by atoms with E-state index in [-0.39, 0.29) is 0 Å². The van der Waals surface area contributed by atoms with Crippen LogP contribution in [0.4, 0.5) is 17.1 Å². The molecule has 2 nitrogen and oxygen atoms in total. The Morgan fingerprint density at radius 3 is 1.43 bits per heavy atom. The molecule has 0 amide bonds. The molecule has 11 aromatic carbocycles. The Bertz CT molecular complexity index is 3920. The largest absolute Gasteiger partial charge is 0.309 e. The summed E-state index contributed by atoms with van der Waals surface area (Å²) in [6.45, 7) is 0. The van der Waals surface area contributed by atoms with E-state index >= 15 is 0 Å². The van der Waals surface area contributed by atoms with Gasteiger partial charge in [-0.25, -0.2) is 0 Å². The van der Waals surface area contributed by atoms with Crippen molar-refractivity contribution < 1.29 is 0 Å². The molecule has 0 saturated carbocycles. The molecular formula is C64H42N2S. The van der Waals surface area contributed by atoms with E-state index in [1.807, 2.05) is 11.3 Å². The number of rotatable bonds is 8. The predicted octanol–water partition coefficient (Wildman–Crippen LogP) is 18.4. The summed E-state index contributed by atoms with van der Waals surface area (Å²) in [5.74, 6) is 0. The summed E-state index contributed by atoms with van der Waals surface area (Å²) in [4.78, 5) is 2.42. The third kappa shape index (κ3) is 6.88. The van der Waals surface area contributed by atoms with E-state index < -0.39 is 0 Å². The Morgan fingerprint density at radius 2 is 0.761 bits per heavy atom. The monoisotopic (exact) mass is 870 g/mol. The molecule has 0 aliphatic heterocycles. The molecule has 2 aromatic heterocycles. The van der Waals surface area contributed by atoms with Crippen LogP contribution in [-0.4, -0.2) is 4.57 Å². The summed E-state index contributed by atoms with van der Waals surface area (Å²) in [5, 5.41) is 7.62. The molecule has 0 unspecified atom stereocenters. The van der Waals surface area contributed by atoms with Crippen LogP contribution in [0.15, 0.2) is 255 Å². The number of nitrogens with zero attached hydrogens (tertiary/aromatic N) is 2. The van der Waals surface area contributed by atoms with Gasteiger partial charge in [0.1, 0.15) is 0 Å². The van der Waals surface area contributed by atoms with Gasteiger partial charge in [-0.05, 0) is 128 Å². The van der Waals surface area contributed by atoms with Crippen LogP contribution in [-0.2, 0) is 0 Å². The molecule has 0 radical (unpaired) electrons. The number of thiophene rings is 1. The van der Waals surface area contributed by atoms with E-state index in [9.17, 15) is 0 Å². The first-order valence-electron chi connectivity index (χ1n) is 22.9. The highest BCUT2D eigenvalue weighted by molar-refractivity contribution is 7.26. The molecular weight excluding hydrogens is 829 g/mol. The van der Waals surface area contributed by atoms with Crippen molar-refractivity contribution in [3.8, 4) is 50.2 Å². The van der Waals surface area contributed by atoms with Crippen molar-refractivity contribution in [3.63, 3.8) is 0 Å². The molecule has 0 aliphatic carbocycles. The number of benzene rings is 11. The van der Waals surface area contributed by atoms with Crippen molar-refractivity contribution in [2.24, 2.45) is 0 Å². The van der Waals surface area contributed by atoms with Gasteiger partial charge in [-0.15, -0.1) is 11.3 Å². The highest BCUT2D eigenvalue weighted by Gasteiger charge is 2.19. The fourth-order valence-corrected chi connectivity index (χ4v) is 11.3. The van der Waals surface area contributed by atoms with Gasteiger partial charge in [-0.3, -0.25) is 0 Å². The zero-order valence-electron chi connectivity index (χ0n) is 36.6. The molecule has 314 valence electrons. The Labute approximate surface area is 393 Å². The van der Waals surface area contributed by atoms with E-state index in [0.717, 1.165) is 17.1 Å². The number of fused-ring (bicyclic) bond motifs is 7. The maximum Gasteiger partial charge on any atom is 0.0640 e. The summed E-state index contributed by atoms with van der Waals surface area (Å²) in [6, 6.07) is 93.1. The summed E-state index contributed by atoms with van der Waals surface area (Å²) < 4.78 is 4.96. The highest BCUT2D eigenvalue weighted by Crippen LogP contribution is 2.45. The van der Waals surface area contributed by atoms with Crippen LogP contribution in [0.5, 0.6) is 0 Å². The molecule has 13 aromatic rings. The molecule has 0 aliphatic rings. The van der Waals surface area contributed by atoms with E-state index in [2.05, 4.69) is 264 Å². The topological polar surface area (TPSA) is 8.17 Å². The Morgan fingerprint density at radius 1 is 0.299 bits per heavy atom. The van der Waals surface area contributed by atoms with Gasteiger partial charge in [0, 0.05) is 43.3 Å². The lowest BCUT2D eigenvalue weighted by atomic mass is 9.96. The van der Waals surface area contributed by atoms with Crippen LogP contribution in [0.1, 0.15) is 0 Å². The van der Waals surface area contributed by atoms with Crippen LogP contribution in [0.25, 0.3) is 103 Å². The van der Waals surface area contributed by atoms with E-state index in [0.29, 0.717) is 0 Å². The van der Waals surface area contributed by atoms with Gasteiger partial charge >= 0.3 is 0 Å². The van der Waals surface area contributed by atoms with Crippen molar-refractivity contribution in [1.29, 1.82) is 0 Å². The lowest BCUT2D eigenvalue weighted by Crippen LogP contribution is -2.10. The molecule has 0 fully saturated rings. The molecule has 67 heavy (non-hydrogen) atoms. The number of aromatic nitrogens is 1. The molecule has 0 bridgehead atoms. The maximum atomic E-state index is 2.42. The molecule has 13 rings (SSSR count). The quantitative estimate of drug-likeness (QED) is 0.148. The van der Waals surface area contributed by atoms with Crippen LogP contribution in [0.2, 0.25) is 0 Å². The maximum absolute atomic E-state index is 2.42. The minimum absolute atomic E-state index is 1.11. The second kappa shape index (κ2) is 16.2. The molecule has 3 heteroatoms. The first kappa shape index (κ1) is 38.9. The molecule has 0 spiro atoms. The summed E-state index contributed by atoms with van der Waals surface area (Å²) in [5.41, 5.74) is 16.5. The van der Waals surface area contributed by atoms with Gasteiger partial charge in [-0.1, -0.05) is 182 Å². The Balaban J connectivity index is 0.840. The van der Waals surface area contributed by atoms with Crippen molar-refractivity contribution >= 4 is 81.1 Å². The fraction of sp³-hybridized carbons (Fsp3) is 0. The van der Waals surface area contributed by atoms with Crippen molar-refractivity contribution in [2.75, 3.05) is 4.90 Å². The van der Waals surface area contributed by atoms with E-state index in [1.165, 1.54) is 103 Å². The van der Waals surface area contributed by atoms with Gasteiger partial charge in [-0.2, -0.15) is 0 Å². The molecule has 0 atom stereocenters. The van der Waals surface area contributed by atoms with Gasteiger partial charge in [0.05, 0.1) is 21.4 Å². The van der Waals surface area contributed by atoms with Crippen LogP contribution < -0.4 is 4.90 Å². The van der Waals surface area contributed by atoms with Gasteiger partial charge in [0.25, 0.3) is 0 Å². The van der Waals surface area contributed by atoms with Crippen molar-refractivity contribution in [3.05, 3.63) is 255 Å². The summed E-state index contributed by atoms with van der Waals surface area (Å²) in [7, 11) is 0. The first-order valence-corrected chi connectivity index (χ1v) is 23.7. The van der Waals surface area contributed by atoms with Crippen molar-refractivity contribution in [1.82, 2.24) is 4.57 Å². The molecule has 0 N–H and O–H groups in total. The Kier molecular flexibility index (Phi) is 9.40. The minimum atomic E-state index is 1.11. The highest BCUT2D eigenvalue weighted by atomic mass is 32.1. The minimum Gasteiger partial charge on any atom is -0.309 e. The van der Waals surface area contributed by atoms with Gasteiger partial charge < -0.3 is 9.47 Å². The SMILES string of the molecule is c1cc(-c2ccc(-c3ccc(N(c4ccc(-c5cccc(-n6c7ccccc7c7ccccc76)c5)cc4)c4cccc5c4sc4ccccc45)cc3)cc2)cc(-c2ccc3ccccc3c2)c1. The number of anilines is 3. The smallest absolute Gasteiger partial charge is 0.0640 e. The predicted molar refractivity (Wildman–Crippen MR) is 288 cm³/mol. The first-order chi connectivity index (χ1) is 33.2. The fourth-order valence-electron chi connectivity index (χ4n) is 10.1. The zero-order chi connectivity index (χ0) is 44.3. The number of para-hydroxylation sites is 2. The average Bonchev–Trinajstić information content (AvgIpc) is 3.96. The molecule has 2 heterocycles. The Hall–Kier alpha value is -8.50. The van der Waals surface area contributed by atoms with E-state index in [1.54, 1.807) is 0 Å². The van der Waals surface area contributed by atoms with Gasteiger partial charge in [0.15, 0.2) is 0 Å². The zero-order valence-corrected chi connectivity index (χ0v) is 37.4. The number of hydrogen-bond donors (Lipinski definition) is 0. The second-order valence-corrected chi connectivity index (χ2v) is 18.4. The lowest BCUT2D eigenvalue weighted by molar-refractivity contribution is 1.18. The van der Waals surface area contributed by atoms with Crippen molar-refractivity contribution in [2.45, 2.75) is 0 Å². The van der Waals surface area contributed by atoms with Crippen LogP contribution in [0.3, 0.4) is 0 Å². The normalized spacial score (nSPS) is 11.6. The standard InChI is InChI=1S/C64H42N2S/c1-2-13-48-41-52(31-30-43(48)12-1)50-15-9-14-49(40-50)46-28-26-44(27-29-46)45-32-36-53(37-33-45)65(62-24-11-21-59-58-20-5-8-25-63(58)67-64(59)62)54-38-34-47(35-39-54)51-16-10-17-55(42-51)66-60-22-6-3-18-56(60)57-19-4-7-23-61(57)66/h1-42H. The third-order valence-corrected chi connectivity index (χ3v) is 14.6. The summed E-state index contributed by atoms with van der Waals surface area (Å²) >= 11 is 1.86. The van der Waals surface area contributed by atoms with E-state index in [4.69, 9.17) is 0 Å².